The molecule has 0 unspecified atom stereocenters. The van der Waals surface area contributed by atoms with Gasteiger partial charge in [-0.1, -0.05) is 56.3 Å². The standard InChI is InChI=1S/C20H26N2S/c1-5-16-12-9-13-17(6-2)19(16)21-20(23)22(4)14-18-11-8-7-10-15(18)3/h7-13H,5-6,14H2,1-4H3,(H,21,23). The molecule has 1 N–H and O–H groups in total. The zero-order valence-electron chi connectivity index (χ0n) is 14.5. The molecular weight excluding hydrogens is 300 g/mol. The minimum atomic E-state index is 0.767. The lowest BCUT2D eigenvalue weighted by Crippen LogP contribution is -2.31. The van der Waals surface area contributed by atoms with E-state index >= 15 is 0 Å². The second-order valence-corrected chi connectivity index (χ2v) is 6.26. The maximum atomic E-state index is 5.63. The van der Waals surface area contributed by atoms with Crippen molar-refractivity contribution in [3.63, 3.8) is 0 Å². The summed E-state index contributed by atoms with van der Waals surface area (Å²) in [6.07, 6.45) is 2.00. The molecule has 0 fully saturated rings. The molecule has 0 aliphatic carbocycles. The quantitative estimate of drug-likeness (QED) is 0.783. The van der Waals surface area contributed by atoms with Crippen LogP contribution in [0.5, 0.6) is 0 Å². The summed E-state index contributed by atoms with van der Waals surface area (Å²) in [6.45, 7) is 7.32. The minimum Gasteiger partial charge on any atom is -0.348 e. The van der Waals surface area contributed by atoms with E-state index in [0.717, 1.165) is 24.5 Å². The lowest BCUT2D eigenvalue weighted by atomic mass is 10.0. The molecule has 2 nitrogen and oxygen atoms in total. The summed E-state index contributed by atoms with van der Waals surface area (Å²) in [5, 5.41) is 4.25. The van der Waals surface area contributed by atoms with Crippen LogP contribution in [0.1, 0.15) is 36.1 Å². The van der Waals surface area contributed by atoms with E-state index in [4.69, 9.17) is 12.2 Å². The van der Waals surface area contributed by atoms with Crippen LogP contribution in [0.25, 0.3) is 0 Å². The highest BCUT2D eigenvalue weighted by molar-refractivity contribution is 7.80. The van der Waals surface area contributed by atoms with Crippen LogP contribution in [0.2, 0.25) is 0 Å². The van der Waals surface area contributed by atoms with Gasteiger partial charge >= 0.3 is 0 Å². The van der Waals surface area contributed by atoms with Crippen molar-refractivity contribution >= 4 is 23.0 Å². The maximum absolute atomic E-state index is 5.63. The first-order chi connectivity index (χ1) is 11.1. The smallest absolute Gasteiger partial charge is 0.173 e. The van der Waals surface area contributed by atoms with Gasteiger partial charge in [-0.3, -0.25) is 0 Å². The van der Waals surface area contributed by atoms with Gasteiger partial charge in [0.1, 0.15) is 0 Å². The average Bonchev–Trinajstić information content (AvgIpc) is 2.56. The van der Waals surface area contributed by atoms with Crippen molar-refractivity contribution in [2.24, 2.45) is 0 Å². The normalized spacial score (nSPS) is 10.4. The number of benzene rings is 2. The lowest BCUT2D eigenvalue weighted by Gasteiger charge is -2.24. The van der Waals surface area contributed by atoms with Crippen molar-refractivity contribution in [3.05, 3.63) is 64.7 Å². The minimum absolute atomic E-state index is 0.767. The molecule has 0 saturated carbocycles. The van der Waals surface area contributed by atoms with E-state index in [0.29, 0.717) is 0 Å². The van der Waals surface area contributed by atoms with E-state index in [1.807, 2.05) is 7.05 Å². The lowest BCUT2D eigenvalue weighted by molar-refractivity contribution is 0.507. The molecular formula is C20H26N2S. The topological polar surface area (TPSA) is 15.3 Å². The average molecular weight is 327 g/mol. The van der Waals surface area contributed by atoms with Gasteiger partial charge in [0.05, 0.1) is 0 Å². The van der Waals surface area contributed by atoms with Crippen LogP contribution >= 0.6 is 12.2 Å². The highest BCUT2D eigenvalue weighted by Gasteiger charge is 2.11. The van der Waals surface area contributed by atoms with E-state index in [1.54, 1.807) is 0 Å². The number of anilines is 1. The van der Waals surface area contributed by atoms with Gasteiger partial charge in [0.2, 0.25) is 0 Å². The molecule has 0 aliphatic rings. The van der Waals surface area contributed by atoms with Crippen LogP contribution in [0.3, 0.4) is 0 Å². The van der Waals surface area contributed by atoms with Crippen molar-refractivity contribution in [3.8, 4) is 0 Å². The van der Waals surface area contributed by atoms with Crippen molar-refractivity contribution in [2.45, 2.75) is 40.2 Å². The van der Waals surface area contributed by atoms with Gasteiger partial charge in [0.15, 0.2) is 5.11 Å². The van der Waals surface area contributed by atoms with Gasteiger partial charge in [0, 0.05) is 19.3 Å². The van der Waals surface area contributed by atoms with E-state index in [9.17, 15) is 0 Å². The fourth-order valence-electron chi connectivity index (χ4n) is 2.72. The van der Waals surface area contributed by atoms with E-state index in [1.165, 1.54) is 27.9 Å². The SMILES string of the molecule is CCc1cccc(CC)c1NC(=S)N(C)Cc1ccccc1C. The number of hydrogen-bond donors (Lipinski definition) is 1. The number of aryl methyl sites for hydroxylation is 3. The Morgan fingerprint density at radius 1 is 0.957 bits per heavy atom. The molecule has 0 bridgehead atoms. The highest BCUT2D eigenvalue weighted by Crippen LogP contribution is 2.23. The molecule has 122 valence electrons. The van der Waals surface area contributed by atoms with E-state index in [-0.39, 0.29) is 0 Å². The number of para-hydroxylation sites is 1. The molecule has 0 saturated heterocycles. The van der Waals surface area contributed by atoms with E-state index < -0.39 is 0 Å². The predicted octanol–water partition coefficient (Wildman–Crippen LogP) is 4.95. The van der Waals surface area contributed by atoms with Crippen LogP contribution in [0, 0.1) is 6.92 Å². The summed E-state index contributed by atoms with van der Waals surface area (Å²) in [7, 11) is 2.04. The molecule has 0 spiro atoms. The molecule has 0 atom stereocenters. The van der Waals surface area contributed by atoms with Crippen LogP contribution in [0.15, 0.2) is 42.5 Å². The third-order valence-electron chi connectivity index (χ3n) is 4.25. The summed E-state index contributed by atoms with van der Waals surface area (Å²) in [6, 6.07) is 14.9. The second-order valence-electron chi connectivity index (χ2n) is 5.87. The zero-order chi connectivity index (χ0) is 16.8. The van der Waals surface area contributed by atoms with Crippen LogP contribution in [-0.2, 0) is 19.4 Å². The van der Waals surface area contributed by atoms with Gasteiger partial charge in [-0.15, -0.1) is 0 Å². The van der Waals surface area contributed by atoms with Gasteiger partial charge in [-0.2, -0.15) is 0 Å². The molecule has 0 heterocycles. The third-order valence-corrected chi connectivity index (χ3v) is 4.66. The van der Waals surface area contributed by atoms with Crippen molar-refractivity contribution in [1.29, 1.82) is 0 Å². The summed E-state index contributed by atoms with van der Waals surface area (Å²) < 4.78 is 0. The molecule has 23 heavy (non-hydrogen) atoms. The molecule has 0 aliphatic heterocycles. The number of hydrogen-bond acceptors (Lipinski definition) is 1. The monoisotopic (exact) mass is 326 g/mol. The van der Waals surface area contributed by atoms with Gasteiger partial charge < -0.3 is 10.2 Å². The highest BCUT2D eigenvalue weighted by atomic mass is 32.1. The molecule has 0 radical (unpaired) electrons. The summed E-state index contributed by atoms with van der Waals surface area (Å²) in [5.74, 6) is 0. The molecule has 0 amide bonds. The summed E-state index contributed by atoms with van der Waals surface area (Å²) in [5.41, 5.74) is 6.41. The number of nitrogens with zero attached hydrogens (tertiary/aromatic N) is 1. The molecule has 2 aromatic carbocycles. The first kappa shape index (κ1) is 17.5. The predicted molar refractivity (Wildman–Crippen MR) is 104 cm³/mol. The van der Waals surface area contributed by atoms with Crippen molar-refractivity contribution < 1.29 is 0 Å². The number of thiocarbonyl (C=S) groups is 1. The number of rotatable bonds is 5. The first-order valence-corrected chi connectivity index (χ1v) is 8.65. The Hall–Kier alpha value is -1.87. The molecule has 3 heteroatoms. The molecule has 2 aromatic rings. The Morgan fingerprint density at radius 3 is 2.09 bits per heavy atom. The van der Waals surface area contributed by atoms with Crippen molar-refractivity contribution in [2.75, 3.05) is 12.4 Å². The fourth-order valence-corrected chi connectivity index (χ4v) is 2.89. The van der Waals surface area contributed by atoms with Crippen LogP contribution in [-0.4, -0.2) is 17.1 Å². The van der Waals surface area contributed by atoms with Gasteiger partial charge in [-0.25, -0.2) is 0 Å². The first-order valence-electron chi connectivity index (χ1n) is 8.24. The van der Waals surface area contributed by atoms with Crippen molar-refractivity contribution in [1.82, 2.24) is 4.90 Å². The molecule has 2 rings (SSSR count). The Labute approximate surface area is 145 Å². The maximum Gasteiger partial charge on any atom is 0.173 e. The number of nitrogens with one attached hydrogen (secondary N) is 1. The fraction of sp³-hybridized carbons (Fsp3) is 0.350. The largest absolute Gasteiger partial charge is 0.348 e. The third kappa shape index (κ3) is 4.32. The van der Waals surface area contributed by atoms with E-state index in [2.05, 4.69) is 73.5 Å². The summed E-state index contributed by atoms with van der Waals surface area (Å²) >= 11 is 5.63. The second kappa shape index (κ2) is 8.11. The van der Waals surface area contributed by atoms with Gasteiger partial charge in [0.25, 0.3) is 0 Å². The van der Waals surface area contributed by atoms with Gasteiger partial charge in [-0.05, 0) is 54.2 Å². The van der Waals surface area contributed by atoms with Crippen LogP contribution < -0.4 is 5.32 Å². The summed E-state index contributed by atoms with van der Waals surface area (Å²) in [4.78, 5) is 2.10. The molecule has 0 aromatic heterocycles. The Morgan fingerprint density at radius 2 is 1.52 bits per heavy atom. The Bertz CT molecular complexity index is 657. The van der Waals surface area contributed by atoms with Crippen LogP contribution in [0.4, 0.5) is 5.69 Å². The zero-order valence-corrected chi connectivity index (χ0v) is 15.3. The Kier molecular flexibility index (Phi) is 6.17. The Balaban J connectivity index is 2.14.